The lowest BCUT2D eigenvalue weighted by Crippen LogP contribution is -2.09. The van der Waals surface area contributed by atoms with Crippen molar-refractivity contribution in [2.75, 3.05) is 5.73 Å². The second kappa shape index (κ2) is 5.18. The predicted octanol–water partition coefficient (Wildman–Crippen LogP) is 2.40. The molecule has 0 unspecified atom stereocenters. The number of nitrogens with zero attached hydrogens (tertiary/aromatic N) is 1. The molecule has 0 bridgehead atoms. The summed E-state index contributed by atoms with van der Waals surface area (Å²) in [7, 11) is 0. The van der Waals surface area contributed by atoms with E-state index in [0.29, 0.717) is 5.69 Å². The molecular formula is C13H10N2O4. The number of ether oxygens (including phenoxy) is 1. The smallest absolute Gasteiger partial charge is 0.343 e. The first-order valence-corrected chi connectivity index (χ1v) is 5.39. The first kappa shape index (κ1) is 12.6. The summed E-state index contributed by atoms with van der Waals surface area (Å²) in [5, 5.41) is 10.5. The van der Waals surface area contributed by atoms with Crippen LogP contribution in [0.5, 0.6) is 5.75 Å². The van der Waals surface area contributed by atoms with Crippen LogP contribution in [-0.4, -0.2) is 10.9 Å². The molecule has 19 heavy (non-hydrogen) atoms. The van der Waals surface area contributed by atoms with Gasteiger partial charge in [-0.15, -0.1) is 0 Å². The predicted molar refractivity (Wildman–Crippen MR) is 68.9 cm³/mol. The molecule has 2 rings (SSSR count). The Bertz CT molecular complexity index is 623. The van der Waals surface area contributed by atoms with Crippen molar-refractivity contribution >= 4 is 17.3 Å². The maximum Gasteiger partial charge on any atom is 0.343 e. The van der Waals surface area contributed by atoms with Crippen molar-refractivity contribution in [3.8, 4) is 5.75 Å². The van der Waals surface area contributed by atoms with Gasteiger partial charge in [0, 0.05) is 12.1 Å². The number of nitrogen functional groups attached to an aromatic ring is 1. The average molecular weight is 258 g/mol. The van der Waals surface area contributed by atoms with Crippen molar-refractivity contribution in [3.63, 3.8) is 0 Å². The minimum Gasteiger partial charge on any atom is -0.421 e. The van der Waals surface area contributed by atoms with E-state index in [-0.39, 0.29) is 17.0 Å². The van der Waals surface area contributed by atoms with Gasteiger partial charge in [0.1, 0.15) is 0 Å². The number of non-ortho nitro benzene ring substituents is 1. The summed E-state index contributed by atoms with van der Waals surface area (Å²) in [4.78, 5) is 21.8. The van der Waals surface area contributed by atoms with Gasteiger partial charge >= 0.3 is 5.97 Å². The zero-order chi connectivity index (χ0) is 13.8. The van der Waals surface area contributed by atoms with Gasteiger partial charge in [-0.05, 0) is 24.3 Å². The number of esters is 1. The van der Waals surface area contributed by atoms with E-state index in [4.69, 9.17) is 10.5 Å². The van der Waals surface area contributed by atoms with E-state index in [1.165, 1.54) is 24.3 Å². The maximum atomic E-state index is 11.8. The molecule has 0 aromatic heterocycles. The summed E-state index contributed by atoms with van der Waals surface area (Å²) in [6, 6.07) is 11.7. The fourth-order valence-corrected chi connectivity index (χ4v) is 1.45. The third kappa shape index (κ3) is 2.86. The number of para-hydroxylation sites is 2. The molecule has 0 aliphatic heterocycles. The lowest BCUT2D eigenvalue weighted by molar-refractivity contribution is -0.384. The molecule has 6 nitrogen and oxygen atoms in total. The Kier molecular flexibility index (Phi) is 3.42. The van der Waals surface area contributed by atoms with Gasteiger partial charge < -0.3 is 10.5 Å². The number of anilines is 1. The highest BCUT2D eigenvalue weighted by atomic mass is 16.6. The number of benzene rings is 2. The Morgan fingerprint density at radius 2 is 1.74 bits per heavy atom. The Balaban J connectivity index is 2.16. The molecule has 0 aliphatic rings. The van der Waals surface area contributed by atoms with Gasteiger partial charge in [0.15, 0.2) is 5.75 Å². The Labute approximate surface area is 108 Å². The van der Waals surface area contributed by atoms with Crippen LogP contribution >= 0.6 is 0 Å². The van der Waals surface area contributed by atoms with Crippen molar-refractivity contribution in [2.45, 2.75) is 0 Å². The molecule has 0 saturated heterocycles. The Morgan fingerprint density at radius 3 is 2.32 bits per heavy atom. The van der Waals surface area contributed by atoms with Crippen LogP contribution in [0.3, 0.4) is 0 Å². The van der Waals surface area contributed by atoms with Gasteiger partial charge in [-0.25, -0.2) is 4.79 Å². The summed E-state index contributed by atoms with van der Waals surface area (Å²) in [6.45, 7) is 0. The molecule has 0 atom stereocenters. The number of hydrogen-bond acceptors (Lipinski definition) is 5. The molecule has 2 aromatic carbocycles. The van der Waals surface area contributed by atoms with Crippen molar-refractivity contribution in [1.29, 1.82) is 0 Å². The molecule has 2 aromatic rings. The van der Waals surface area contributed by atoms with Crippen molar-refractivity contribution < 1.29 is 14.5 Å². The van der Waals surface area contributed by atoms with Gasteiger partial charge in [0.05, 0.1) is 16.2 Å². The molecule has 0 amide bonds. The summed E-state index contributed by atoms with van der Waals surface area (Å²) in [5.74, 6) is -0.362. The number of rotatable bonds is 3. The number of hydrogen-bond donors (Lipinski definition) is 1. The molecule has 0 saturated carbocycles. The van der Waals surface area contributed by atoms with Crippen molar-refractivity contribution in [3.05, 3.63) is 64.2 Å². The third-order valence-corrected chi connectivity index (χ3v) is 2.44. The van der Waals surface area contributed by atoms with Gasteiger partial charge in [-0.2, -0.15) is 0 Å². The van der Waals surface area contributed by atoms with Crippen LogP contribution in [0.2, 0.25) is 0 Å². The van der Waals surface area contributed by atoms with E-state index in [1.807, 2.05) is 0 Å². The fraction of sp³-hybridized carbons (Fsp3) is 0. The van der Waals surface area contributed by atoms with E-state index in [9.17, 15) is 14.9 Å². The summed E-state index contributed by atoms with van der Waals surface area (Å²) < 4.78 is 5.10. The fourth-order valence-electron chi connectivity index (χ4n) is 1.45. The van der Waals surface area contributed by atoms with Crippen molar-refractivity contribution in [1.82, 2.24) is 0 Å². The third-order valence-electron chi connectivity index (χ3n) is 2.44. The van der Waals surface area contributed by atoms with E-state index in [1.54, 1.807) is 24.3 Å². The highest BCUT2D eigenvalue weighted by Crippen LogP contribution is 2.21. The van der Waals surface area contributed by atoms with E-state index in [2.05, 4.69) is 0 Å². The van der Waals surface area contributed by atoms with Crippen LogP contribution in [-0.2, 0) is 0 Å². The zero-order valence-electron chi connectivity index (χ0n) is 9.78. The normalized spacial score (nSPS) is 9.89. The highest BCUT2D eigenvalue weighted by Gasteiger charge is 2.12. The van der Waals surface area contributed by atoms with E-state index >= 15 is 0 Å². The van der Waals surface area contributed by atoms with Crippen LogP contribution < -0.4 is 10.5 Å². The molecule has 96 valence electrons. The number of carbonyl (C=O) groups excluding carboxylic acids is 1. The molecule has 6 heteroatoms. The van der Waals surface area contributed by atoms with E-state index < -0.39 is 10.9 Å². The second-order valence-corrected chi connectivity index (χ2v) is 3.73. The number of nitro groups is 1. The lowest BCUT2D eigenvalue weighted by Gasteiger charge is -2.06. The second-order valence-electron chi connectivity index (χ2n) is 3.73. The average Bonchev–Trinajstić information content (AvgIpc) is 2.41. The summed E-state index contributed by atoms with van der Waals surface area (Å²) in [5.41, 5.74) is 6.12. The first-order chi connectivity index (χ1) is 9.08. The minimum atomic E-state index is -0.618. The quantitative estimate of drug-likeness (QED) is 0.300. The molecule has 0 radical (unpaired) electrons. The maximum absolute atomic E-state index is 11.8. The molecular weight excluding hydrogens is 248 g/mol. The van der Waals surface area contributed by atoms with Crippen LogP contribution in [0.1, 0.15) is 10.4 Å². The molecule has 0 spiro atoms. The SMILES string of the molecule is Nc1ccccc1OC(=O)c1ccc([N+](=O)[O-])cc1. The van der Waals surface area contributed by atoms with Crippen LogP contribution in [0, 0.1) is 10.1 Å². The van der Waals surface area contributed by atoms with Gasteiger partial charge in [0.25, 0.3) is 5.69 Å². The minimum absolute atomic E-state index is 0.0872. The van der Waals surface area contributed by atoms with Gasteiger partial charge in [0.2, 0.25) is 0 Å². The lowest BCUT2D eigenvalue weighted by atomic mass is 10.2. The standard InChI is InChI=1S/C13H10N2O4/c14-11-3-1-2-4-12(11)19-13(16)9-5-7-10(8-6-9)15(17)18/h1-8H,14H2. The topological polar surface area (TPSA) is 95.5 Å². The zero-order valence-corrected chi connectivity index (χ0v) is 9.78. The molecule has 0 fully saturated rings. The van der Waals surface area contributed by atoms with Crippen LogP contribution in [0.4, 0.5) is 11.4 Å². The van der Waals surface area contributed by atoms with Crippen LogP contribution in [0.25, 0.3) is 0 Å². The molecule has 2 N–H and O–H groups in total. The van der Waals surface area contributed by atoms with Gasteiger partial charge in [-0.1, -0.05) is 12.1 Å². The number of carbonyl (C=O) groups is 1. The number of nitro benzene ring substituents is 1. The first-order valence-electron chi connectivity index (χ1n) is 5.39. The highest BCUT2D eigenvalue weighted by molar-refractivity contribution is 5.91. The van der Waals surface area contributed by atoms with Crippen molar-refractivity contribution in [2.24, 2.45) is 0 Å². The van der Waals surface area contributed by atoms with E-state index in [0.717, 1.165) is 0 Å². The monoisotopic (exact) mass is 258 g/mol. The van der Waals surface area contributed by atoms with Gasteiger partial charge in [-0.3, -0.25) is 10.1 Å². The number of nitrogens with two attached hydrogens (primary N) is 1. The largest absolute Gasteiger partial charge is 0.421 e. The molecule has 0 heterocycles. The summed E-state index contributed by atoms with van der Waals surface area (Å²) in [6.07, 6.45) is 0. The Hall–Kier alpha value is -2.89. The Morgan fingerprint density at radius 1 is 1.11 bits per heavy atom. The summed E-state index contributed by atoms with van der Waals surface area (Å²) >= 11 is 0. The molecule has 0 aliphatic carbocycles. The van der Waals surface area contributed by atoms with Crippen LogP contribution in [0.15, 0.2) is 48.5 Å².